The molecule has 0 bridgehead atoms. The molecule has 6 atom stereocenters. The molecule has 69 heavy (non-hydrogen) atoms. The summed E-state index contributed by atoms with van der Waals surface area (Å²) in [6, 6.07) is 35.7. The number of hydrogen-bond donors (Lipinski definition) is 2. The van der Waals surface area contributed by atoms with Gasteiger partial charge in [0.1, 0.15) is 24.7 Å². The number of carbonyl (C=O) groups is 1. The van der Waals surface area contributed by atoms with Crippen molar-refractivity contribution in [2.45, 2.75) is 74.1 Å². The maximum atomic E-state index is 15.3. The number of ether oxygens (including phenoxy) is 3. The molecule has 5 aromatic carbocycles. The zero-order chi connectivity index (χ0) is 48.2. The minimum absolute atomic E-state index is 0.0361. The Balaban J connectivity index is 1.29. The molecular weight excluding hydrogens is 891 g/mol. The van der Waals surface area contributed by atoms with Crippen LogP contribution in [0.1, 0.15) is 67.6 Å². The molecule has 1 fully saturated rings. The van der Waals surface area contributed by atoms with Gasteiger partial charge in [0.25, 0.3) is 5.69 Å². The molecule has 0 radical (unpaired) electrons. The van der Waals surface area contributed by atoms with Crippen LogP contribution in [0.2, 0.25) is 0 Å². The van der Waals surface area contributed by atoms with Gasteiger partial charge in [0.05, 0.1) is 29.8 Å². The van der Waals surface area contributed by atoms with Crippen molar-refractivity contribution in [2.75, 3.05) is 39.3 Å². The van der Waals surface area contributed by atoms with Gasteiger partial charge < -0.3 is 34.2 Å². The first-order valence-electron chi connectivity index (χ1n) is 23.9. The Morgan fingerprint density at radius 1 is 0.957 bits per heavy atom. The summed E-state index contributed by atoms with van der Waals surface area (Å²) in [5, 5.41) is 38.3. The Morgan fingerprint density at radius 2 is 1.71 bits per heavy atom. The molecule has 1 amide bonds. The van der Waals surface area contributed by atoms with Gasteiger partial charge in [-0.15, -0.1) is 18.3 Å². The average Bonchev–Trinajstić information content (AvgIpc) is 3.37. The number of nitrogens with zero attached hydrogens (tertiary/aromatic N) is 3. The fourth-order valence-electron chi connectivity index (χ4n) is 10.6. The summed E-state index contributed by atoms with van der Waals surface area (Å²) in [5.41, 5.74) is 4.09. The molecule has 0 saturated heterocycles. The molecule has 8 rings (SSSR count). The molecule has 0 aromatic heterocycles. The summed E-state index contributed by atoms with van der Waals surface area (Å²) in [5.74, 6) is -0.330. The van der Waals surface area contributed by atoms with E-state index in [-0.39, 0.29) is 62.1 Å². The summed E-state index contributed by atoms with van der Waals surface area (Å²) in [4.78, 5) is 35.0. The minimum Gasteiger partial charge on any atom is -0.493 e. The Kier molecular flexibility index (Phi) is 16.7. The molecule has 13 heteroatoms. The lowest BCUT2D eigenvalue weighted by molar-refractivity contribution is -0.384. The van der Waals surface area contributed by atoms with E-state index in [0.29, 0.717) is 36.5 Å². The fourth-order valence-corrected chi connectivity index (χ4v) is 11.4. The van der Waals surface area contributed by atoms with Crippen molar-refractivity contribution >= 4 is 45.9 Å². The molecule has 12 nitrogen and oxygen atoms in total. The van der Waals surface area contributed by atoms with E-state index in [2.05, 4.69) is 49.1 Å². The van der Waals surface area contributed by atoms with Gasteiger partial charge in [-0.3, -0.25) is 14.9 Å². The van der Waals surface area contributed by atoms with Gasteiger partial charge in [0.15, 0.2) is 0 Å². The molecule has 2 N–H and O–H groups in total. The lowest BCUT2D eigenvalue weighted by Gasteiger charge is -2.60. The first kappa shape index (κ1) is 49.2. The highest BCUT2D eigenvalue weighted by Gasteiger charge is 2.65. The third kappa shape index (κ3) is 11.1. The van der Waals surface area contributed by atoms with Crippen LogP contribution in [0, 0.1) is 27.9 Å². The second-order valence-corrected chi connectivity index (χ2v) is 18.9. The van der Waals surface area contributed by atoms with E-state index in [1.165, 1.54) is 30.2 Å². The van der Waals surface area contributed by atoms with Crippen molar-refractivity contribution in [1.82, 2.24) is 4.90 Å². The van der Waals surface area contributed by atoms with Crippen molar-refractivity contribution in [1.29, 1.82) is 0 Å². The van der Waals surface area contributed by atoms with E-state index >= 15 is 4.79 Å². The average molecular weight is 952 g/mol. The molecule has 1 heterocycles. The standard InChI is InChI=1S/C56H61N3O9S/c1-3-32-67-56-52(58(38-42-17-13-16-40-14-7-8-20-46(40)42)53(62)29-24-39-22-25-43(26-23-39)59(63)64)37-50(57-65-2)48-35-41(15-9-11-30-60)47(21-10-12-31-61)54(55(48)56)49-36-44(27-28-51(49)68-56)66-33-34-69-45-18-5-4-6-19-45/h3-8,13-14,16-20,22-29,35-36,41,47,52,54-55,60-61H,1,9-12,15,21,30-34,37-38H2,2H3/t41-,47+,52-,54+,55+,56+/m0/s1. The Morgan fingerprint density at radius 3 is 2.46 bits per heavy atom. The third-order valence-electron chi connectivity index (χ3n) is 13.6. The highest BCUT2D eigenvalue weighted by Crippen LogP contribution is 2.62. The zero-order valence-electron chi connectivity index (χ0n) is 39.1. The monoisotopic (exact) mass is 951 g/mol. The Hall–Kier alpha value is -6.25. The molecule has 1 aliphatic heterocycles. The Bertz CT molecular complexity index is 2650. The van der Waals surface area contributed by atoms with Crippen LogP contribution in [0.5, 0.6) is 11.5 Å². The predicted octanol–water partition coefficient (Wildman–Crippen LogP) is 10.9. The van der Waals surface area contributed by atoms with E-state index in [1.807, 2.05) is 59.5 Å². The maximum Gasteiger partial charge on any atom is 0.269 e. The van der Waals surface area contributed by atoms with Gasteiger partial charge in [0, 0.05) is 66.5 Å². The fraction of sp³-hybridized carbons (Fsp3) is 0.357. The third-order valence-corrected chi connectivity index (χ3v) is 14.6. The van der Waals surface area contributed by atoms with Gasteiger partial charge in [-0.05, 0) is 114 Å². The first-order chi connectivity index (χ1) is 33.8. The molecule has 1 saturated carbocycles. The van der Waals surface area contributed by atoms with Crippen LogP contribution >= 0.6 is 11.8 Å². The lowest BCUT2D eigenvalue weighted by Crippen LogP contribution is -2.70. The number of non-ortho nitro benzene ring substituents is 1. The predicted molar refractivity (Wildman–Crippen MR) is 271 cm³/mol. The van der Waals surface area contributed by atoms with Gasteiger partial charge >= 0.3 is 0 Å². The van der Waals surface area contributed by atoms with E-state index in [9.17, 15) is 20.3 Å². The first-order valence-corrected chi connectivity index (χ1v) is 24.9. The van der Waals surface area contributed by atoms with Crippen molar-refractivity contribution in [3.63, 3.8) is 0 Å². The summed E-state index contributed by atoms with van der Waals surface area (Å²) in [6.45, 7) is 5.03. The van der Waals surface area contributed by atoms with Crippen molar-refractivity contribution in [3.05, 3.63) is 172 Å². The second-order valence-electron chi connectivity index (χ2n) is 17.8. The van der Waals surface area contributed by atoms with E-state index in [4.69, 9.17) is 24.2 Å². The highest BCUT2D eigenvalue weighted by atomic mass is 32.2. The number of nitro benzene ring substituents is 1. The molecular formula is C56H61N3O9S. The number of benzene rings is 5. The lowest BCUT2D eigenvalue weighted by atomic mass is 9.55. The number of nitro groups is 1. The molecule has 0 spiro atoms. The van der Waals surface area contributed by atoms with Crippen LogP contribution in [0.15, 0.2) is 156 Å². The van der Waals surface area contributed by atoms with Crippen LogP contribution in [0.4, 0.5) is 5.69 Å². The number of hydrogen-bond acceptors (Lipinski definition) is 11. The molecule has 2 aliphatic carbocycles. The van der Waals surface area contributed by atoms with Crippen LogP contribution < -0.4 is 9.47 Å². The van der Waals surface area contributed by atoms with Crippen LogP contribution in [0.3, 0.4) is 0 Å². The van der Waals surface area contributed by atoms with Crippen molar-refractivity contribution in [2.24, 2.45) is 22.9 Å². The van der Waals surface area contributed by atoms with Gasteiger partial charge in [0.2, 0.25) is 11.7 Å². The molecule has 0 unspecified atom stereocenters. The Labute approximate surface area is 408 Å². The summed E-state index contributed by atoms with van der Waals surface area (Å²) in [7, 11) is 1.54. The number of aliphatic hydroxyl groups is 2. The van der Waals surface area contributed by atoms with Gasteiger partial charge in [-0.1, -0.05) is 90.8 Å². The second kappa shape index (κ2) is 23.4. The number of thioether (sulfide) groups is 1. The summed E-state index contributed by atoms with van der Waals surface area (Å²) in [6.07, 6.45) is 12.0. The van der Waals surface area contributed by atoms with E-state index in [1.54, 1.807) is 36.0 Å². The topological polar surface area (TPSA) is 153 Å². The van der Waals surface area contributed by atoms with Crippen LogP contribution in [-0.4, -0.2) is 82.8 Å². The SMILES string of the molecule is C=CCO[C@@]12Oc3ccc(OCCSc4ccccc4)cc3[C@H]3[C@H](CCCCO)[C@@H](CCCCO)C=C(C(=NOC)C[C@@H]1N(Cc1cccc4ccccc14)C(=O)C=Cc1ccc([N+](=O)[O-])cc1)[C@H]32. The highest BCUT2D eigenvalue weighted by molar-refractivity contribution is 7.99. The summed E-state index contributed by atoms with van der Waals surface area (Å²) < 4.78 is 21.2. The van der Waals surface area contributed by atoms with Crippen LogP contribution in [-0.2, 0) is 20.9 Å². The van der Waals surface area contributed by atoms with Crippen molar-refractivity contribution < 1.29 is 39.0 Å². The zero-order valence-corrected chi connectivity index (χ0v) is 39.9. The number of fused-ring (bicyclic) bond motifs is 3. The molecule has 5 aromatic rings. The number of unbranched alkanes of at least 4 members (excludes halogenated alkanes) is 2. The molecule has 360 valence electrons. The van der Waals surface area contributed by atoms with E-state index < -0.39 is 22.7 Å². The largest absolute Gasteiger partial charge is 0.493 e. The normalized spacial score (nSPS) is 22.0. The number of rotatable bonds is 23. The molecule has 3 aliphatic rings. The minimum atomic E-state index is -1.48. The summed E-state index contributed by atoms with van der Waals surface area (Å²) >= 11 is 1.73. The number of aliphatic hydroxyl groups excluding tert-OH is 2. The van der Waals surface area contributed by atoms with Crippen LogP contribution in [0.25, 0.3) is 16.8 Å². The number of amides is 1. The van der Waals surface area contributed by atoms with E-state index in [0.717, 1.165) is 64.7 Å². The van der Waals surface area contributed by atoms with Gasteiger partial charge in [-0.25, -0.2) is 0 Å². The maximum absolute atomic E-state index is 15.3. The van der Waals surface area contributed by atoms with Gasteiger partial charge in [-0.2, -0.15) is 0 Å². The quantitative estimate of drug-likeness (QED) is 0.0162. The number of oxime groups is 1. The smallest absolute Gasteiger partial charge is 0.269 e. The number of allylic oxidation sites excluding steroid dienone is 1. The number of carbonyl (C=O) groups excluding carboxylic acids is 1. The van der Waals surface area contributed by atoms with Crippen molar-refractivity contribution in [3.8, 4) is 11.5 Å².